The van der Waals surface area contributed by atoms with Gasteiger partial charge < -0.3 is 10.1 Å². The second-order valence-corrected chi connectivity index (χ2v) is 4.82. The van der Waals surface area contributed by atoms with Crippen molar-refractivity contribution >= 4 is 0 Å². The van der Waals surface area contributed by atoms with Crippen LogP contribution in [-0.2, 0) is 7.05 Å². The molecule has 2 aromatic heterocycles. The number of aryl methyl sites for hydroxylation is 2. The van der Waals surface area contributed by atoms with E-state index < -0.39 is 0 Å². The largest absolute Gasteiger partial charge is 0.492 e. The summed E-state index contributed by atoms with van der Waals surface area (Å²) in [5.74, 6) is 0.796. The average molecular weight is 274 g/mol. The Bertz CT molecular complexity index is 592. The maximum absolute atomic E-state index is 5.53. The molecular weight excluding hydrogens is 252 g/mol. The summed E-state index contributed by atoms with van der Waals surface area (Å²) < 4.78 is 7.44. The van der Waals surface area contributed by atoms with E-state index >= 15 is 0 Å². The normalized spacial score (nSPS) is 12.4. The van der Waals surface area contributed by atoms with E-state index in [-0.39, 0.29) is 6.04 Å². The van der Waals surface area contributed by atoms with Crippen LogP contribution in [0, 0.1) is 13.8 Å². The standard InChI is InChI=1S/C15H22N4O/c1-6-20-13-7-12(8-17-9-13)15(16-4)14-10(2)18-19(5)11(14)3/h7-9,15-16H,6H2,1-5H3. The molecule has 0 amide bonds. The lowest BCUT2D eigenvalue weighted by molar-refractivity contribution is 0.338. The maximum Gasteiger partial charge on any atom is 0.137 e. The lowest BCUT2D eigenvalue weighted by Crippen LogP contribution is -2.19. The molecular formula is C15H22N4O. The zero-order valence-electron chi connectivity index (χ0n) is 12.8. The average Bonchev–Trinajstić information content (AvgIpc) is 2.67. The van der Waals surface area contributed by atoms with E-state index in [0.29, 0.717) is 6.61 Å². The molecule has 0 aromatic carbocycles. The molecule has 20 heavy (non-hydrogen) atoms. The van der Waals surface area contributed by atoms with Crippen LogP contribution in [0.1, 0.15) is 35.5 Å². The van der Waals surface area contributed by atoms with Crippen molar-refractivity contribution in [2.24, 2.45) is 7.05 Å². The van der Waals surface area contributed by atoms with Crippen molar-refractivity contribution in [3.8, 4) is 5.75 Å². The first-order valence-corrected chi connectivity index (χ1v) is 6.83. The second-order valence-electron chi connectivity index (χ2n) is 4.82. The fourth-order valence-electron chi connectivity index (χ4n) is 2.52. The predicted molar refractivity (Wildman–Crippen MR) is 79.0 cm³/mol. The molecule has 2 heterocycles. The fraction of sp³-hybridized carbons (Fsp3) is 0.467. The molecule has 5 nitrogen and oxygen atoms in total. The Morgan fingerprint density at radius 2 is 2.10 bits per heavy atom. The van der Waals surface area contributed by atoms with Gasteiger partial charge in [-0.25, -0.2) is 0 Å². The smallest absolute Gasteiger partial charge is 0.137 e. The lowest BCUT2D eigenvalue weighted by atomic mass is 9.98. The molecule has 0 fully saturated rings. The molecule has 1 unspecified atom stereocenters. The maximum atomic E-state index is 5.53. The fourth-order valence-corrected chi connectivity index (χ4v) is 2.52. The molecule has 0 bridgehead atoms. The van der Waals surface area contributed by atoms with Crippen LogP contribution in [0.4, 0.5) is 0 Å². The van der Waals surface area contributed by atoms with Gasteiger partial charge in [-0.2, -0.15) is 5.10 Å². The van der Waals surface area contributed by atoms with Crippen molar-refractivity contribution in [1.82, 2.24) is 20.1 Å². The van der Waals surface area contributed by atoms with Gasteiger partial charge in [-0.3, -0.25) is 9.67 Å². The Kier molecular flexibility index (Phi) is 4.39. The highest BCUT2D eigenvalue weighted by molar-refractivity contribution is 5.38. The first kappa shape index (κ1) is 14.5. The zero-order chi connectivity index (χ0) is 14.7. The lowest BCUT2D eigenvalue weighted by Gasteiger charge is -2.18. The van der Waals surface area contributed by atoms with Crippen LogP contribution in [0.15, 0.2) is 18.5 Å². The highest BCUT2D eigenvalue weighted by Gasteiger charge is 2.21. The van der Waals surface area contributed by atoms with Crippen LogP contribution in [0.25, 0.3) is 0 Å². The third kappa shape index (κ3) is 2.67. The van der Waals surface area contributed by atoms with Gasteiger partial charge in [0.15, 0.2) is 0 Å². The number of pyridine rings is 1. The number of ether oxygens (including phenoxy) is 1. The minimum absolute atomic E-state index is 0.0663. The van der Waals surface area contributed by atoms with E-state index in [4.69, 9.17) is 4.74 Å². The van der Waals surface area contributed by atoms with Gasteiger partial charge in [-0.15, -0.1) is 0 Å². The number of aromatic nitrogens is 3. The number of nitrogens with zero attached hydrogens (tertiary/aromatic N) is 3. The van der Waals surface area contributed by atoms with Gasteiger partial charge in [0.05, 0.1) is 24.5 Å². The van der Waals surface area contributed by atoms with E-state index in [1.54, 1.807) is 6.20 Å². The van der Waals surface area contributed by atoms with E-state index in [1.807, 2.05) is 44.9 Å². The summed E-state index contributed by atoms with van der Waals surface area (Å²) >= 11 is 0. The van der Waals surface area contributed by atoms with Gasteiger partial charge in [0.1, 0.15) is 5.75 Å². The van der Waals surface area contributed by atoms with Gasteiger partial charge >= 0.3 is 0 Å². The minimum atomic E-state index is 0.0663. The summed E-state index contributed by atoms with van der Waals surface area (Å²) in [6, 6.07) is 2.10. The third-order valence-electron chi connectivity index (χ3n) is 3.52. The molecule has 1 atom stereocenters. The predicted octanol–water partition coefficient (Wildman–Crippen LogP) is 2.14. The van der Waals surface area contributed by atoms with Crippen LogP contribution in [-0.4, -0.2) is 28.4 Å². The van der Waals surface area contributed by atoms with E-state index in [1.165, 1.54) is 5.56 Å². The minimum Gasteiger partial charge on any atom is -0.492 e. The van der Waals surface area contributed by atoms with Crippen molar-refractivity contribution in [2.45, 2.75) is 26.8 Å². The molecule has 108 valence electrons. The molecule has 5 heteroatoms. The number of nitrogens with one attached hydrogen (secondary N) is 1. The number of rotatable bonds is 5. The van der Waals surface area contributed by atoms with Crippen LogP contribution in [0.2, 0.25) is 0 Å². The van der Waals surface area contributed by atoms with Crippen LogP contribution in [0.5, 0.6) is 5.75 Å². The number of hydrogen-bond acceptors (Lipinski definition) is 4. The summed E-state index contributed by atoms with van der Waals surface area (Å²) in [4.78, 5) is 4.27. The molecule has 0 aliphatic carbocycles. The first-order valence-electron chi connectivity index (χ1n) is 6.83. The van der Waals surface area contributed by atoms with Gasteiger partial charge in [0, 0.05) is 24.5 Å². The molecule has 2 rings (SSSR count). The van der Waals surface area contributed by atoms with Crippen molar-refractivity contribution in [3.63, 3.8) is 0 Å². The highest BCUT2D eigenvalue weighted by Crippen LogP contribution is 2.28. The van der Waals surface area contributed by atoms with Gasteiger partial charge in [-0.05, 0) is 39.4 Å². The Balaban J connectivity index is 2.44. The molecule has 0 aliphatic heterocycles. The number of hydrogen-bond donors (Lipinski definition) is 1. The zero-order valence-corrected chi connectivity index (χ0v) is 12.8. The van der Waals surface area contributed by atoms with Gasteiger partial charge in [0.2, 0.25) is 0 Å². The van der Waals surface area contributed by atoms with Crippen LogP contribution >= 0.6 is 0 Å². The Morgan fingerprint density at radius 3 is 2.65 bits per heavy atom. The van der Waals surface area contributed by atoms with Crippen LogP contribution < -0.4 is 10.1 Å². The molecule has 0 aliphatic rings. The molecule has 2 aromatic rings. The molecule has 0 spiro atoms. The molecule has 0 saturated heterocycles. The van der Waals surface area contributed by atoms with Crippen molar-refractivity contribution in [1.29, 1.82) is 0 Å². The molecule has 0 radical (unpaired) electrons. The summed E-state index contributed by atoms with van der Waals surface area (Å²) in [5, 5.41) is 7.84. The quantitative estimate of drug-likeness (QED) is 0.907. The van der Waals surface area contributed by atoms with E-state index in [0.717, 1.165) is 22.7 Å². The Morgan fingerprint density at radius 1 is 1.35 bits per heavy atom. The van der Waals surface area contributed by atoms with Crippen LogP contribution in [0.3, 0.4) is 0 Å². The first-order chi connectivity index (χ1) is 9.58. The van der Waals surface area contributed by atoms with Gasteiger partial charge in [0.25, 0.3) is 0 Å². The highest BCUT2D eigenvalue weighted by atomic mass is 16.5. The molecule has 0 saturated carbocycles. The van der Waals surface area contributed by atoms with Crippen molar-refractivity contribution in [2.75, 3.05) is 13.7 Å². The Hall–Kier alpha value is -1.88. The topological polar surface area (TPSA) is 52.0 Å². The van der Waals surface area contributed by atoms with E-state index in [2.05, 4.69) is 22.3 Å². The van der Waals surface area contributed by atoms with Crippen molar-refractivity contribution < 1.29 is 4.74 Å². The summed E-state index contributed by atoms with van der Waals surface area (Å²) in [6.07, 6.45) is 3.61. The van der Waals surface area contributed by atoms with Gasteiger partial charge in [-0.1, -0.05) is 0 Å². The second kappa shape index (κ2) is 6.05. The SMILES string of the molecule is CCOc1cncc(C(NC)c2c(C)nn(C)c2C)c1. The monoisotopic (exact) mass is 274 g/mol. The summed E-state index contributed by atoms with van der Waals surface area (Å²) in [5.41, 5.74) is 4.47. The third-order valence-corrected chi connectivity index (χ3v) is 3.52. The Labute approximate surface area is 120 Å². The molecule has 1 N–H and O–H groups in total. The van der Waals surface area contributed by atoms with E-state index in [9.17, 15) is 0 Å². The summed E-state index contributed by atoms with van der Waals surface area (Å²) in [7, 11) is 3.91. The van der Waals surface area contributed by atoms with Crippen molar-refractivity contribution in [3.05, 3.63) is 41.0 Å². The summed E-state index contributed by atoms with van der Waals surface area (Å²) in [6.45, 7) is 6.73.